The minimum atomic E-state index is 0.487. The highest BCUT2D eigenvalue weighted by Crippen LogP contribution is 2.31. The van der Waals surface area contributed by atoms with Crippen LogP contribution in [0.5, 0.6) is 0 Å². The van der Waals surface area contributed by atoms with Gasteiger partial charge in [-0.1, -0.05) is 63.4 Å². The van der Waals surface area contributed by atoms with Crippen LogP contribution in [0.3, 0.4) is 0 Å². The van der Waals surface area contributed by atoms with Gasteiger partial charge in [-0.2, -0.15) is 0 Å². The Hall–Kier alpha value is -0.820. The molecule has 1 aliphatic rings. The molecule has 1 aliphatic carbocycles. The van der Waals surface area contributed by atoms with E-state index in [0.717, 1.165) is 5.92 Å². The highest BCUT2D eigenvalue weighted by molar-refractivity contribution is 5.19. The van der Waals surface area contributed by atoms with Crippen molar-refractivity contribution in [2.24, 2.45) is 11.8 Å². The number of hydrogen-bond acceptors (Lipinski definition) is 1. The third-order valence-electron chi connectivity index (χ3n) is 4.20. The van der Waals surface area contributed by atoms with Crippen LogP contribution in [0.15, 0.2) is 30.3 Å². The van der Waals surface area contributed by atoms with Gasteiger partial charge in [0.05, 0.1) is 0 Å². The van der Waals surface area contributed by atoms with Crippen LogP contribution in [0, 0.1) is 11.8 Å². The maximum absolute atomic E-state index is 3.83. The average molecular weight is 245 g/mol. The van der Waals surface area contributed by atoms with Gasteiger partial charge in [0.2, 0.25) is 0 Å². The number of benzene rings is 1. The lowest BCUT2D eigenvalue weighted by Gasteiger charge is -2.32. The minimum Gasteiger partial charge on any atom is -0.307 e. The molecule has 0 aromatic heterocycles. The first-order chi connectivity index (χ1) is 8.66. The molecule has 0 radical (unpaired) electrons. The van der Waals surface area contributed by atoms with Crippen molar-refractivity contribution in [1.82, 2.24) is 5.32 Å². The smallest absolute Gasteiger partial charge is 0.0345 e. The third-order valence-corrected chi connectivity index (χ3v) is 4.20. The fraction of sp³-hybridized carbons (Fsp3) is 0.647. The molecule has 1 N–H and O–H groups in total. The Balaban J connectivity index is 1.93. The van der Waals surface area contributed by atoms with Crippen molar-refractivity contribution in [2.45, 2.75) is 58.5 Å². The molecule has 0 amide bonds. The highest BCUT2D eigenvalue weighted by atomic mass is 14.9. The second kappa shape index (κ2) is 6.38. The van der Waals surface area contributed by atoms with Crippen LogP contribution in [-0.4, -0.2) is 6.04 Å². The molecule has 1 aromatic carbocycles. The van der Waals surface area contributed by atoms with Crippen LogP contribution < -0.4 is 5.32 Å². The zero-order chi connectivity index (χ0) is 13.0. The molecule has 18 heavy (non-hydrogen) atoms. The van der Waals surface area contributed by atoms with Crippen LogP contribution in [0.1, 0.15) is 58.1 Å². The van der Waals surface area contributed by atoms with Crippen LogP contribution in [-0.2, 0) is 0 Å². The SMILES string of the molecule is CC(CC1CCC1)NC(c1ccccc1)C(C)C. The van der Waals surface area contributed by atoms with Gasteiger partial charge >= 0.3 is 0 Å². The first-order valence-corrected chi connectivity index (χ1v) is 7.48. The molecule has 1 saturated carbocycles. The fourth-order valence-electron chi connectivity index (χ4n) is 2.94. The molecule has 0 aliphatic heterocycles. The molecule has 0 bridgehead atoms. The van der Waals surface area contributed by atoms with Crippen LogP contribution in [0.2, 0.25) is 0 Å². The van der Waals surface area contributed by atoms with E-state index in [2.05, 4.69) is 56.4 Å². The Morgan fingerprint density at radius 1 is 1.11 bits per heavy atom. The second-order valence-corrected chi connectivity index (χ2v) is 6.23. The van der Waals surface area contributed by atoms with Gasteiger partial charge in [0.15, 0.2) is 0 Å². The molecule has 2 atom stereocenters. The molecule has 2 rings (SSSR count). The lowest BCUT2D eigenvalue weighted by molar-refractivity contribution is 0.247. The Morgan fingerprint density at radius 3 is 2.28 bits per heavy atom. The molecular formula is C17H27N. The van der Waals surface area contributed by atoms with Gasteiger partial charge in [-0.25, -0.2) is 0 Å². The van der Waals surface area contributed by atoms with Crippen molar-refractivity contribution in [3.8, 4) is 0 Å². The van der Waals surface area contributed by atoms with Crippen molar-refractivity contribution in [1.29, 1.82) is 0 Å². The lowest BCUT2D eigenvalue weighted by atomic mass is 9.81. The number of hydrogen-bond donors (Lipinski definition) is 1. The molecule has 1 fully saturated rings. The quantitative estimate of drug-likeness (QED) is 0.775. The summed E-state index contributed by atoms with van der Waals surface area (Å²) in [5.41, 5.74) is 1.42. The predicted molar refractivity (Wildman–Crippen MR) is 78.6 cm³/mol. The van der Waals surface area contributed by atoms with E-state index < -0.39 is 0 Å². The zero-order valence-electron chi connectivity index (χ0n) is 12.0. The standard InChI is InChI=1S/C17H27N/c1-13(2)17(16-10-5-4-6-11-16)18-14(3)12-15-8-7-9-15/h4-6,10-11,13-15,17-18H,7-9,12H2,1-3H3. The van der Waals surface area contributed by atoms with Crippen molar-refractivity contribution in [3.05, 3.63) is 35.9 Å². The molecule has 0 heterocycles. The molecule has 0 saturated heterocycles. The van der Waals surface area contributed by atoms with Crippen LogP contribution in [0.4, 0.5) is 0 Å². The van der Waals surface area contributed by atoms with Crippen LogP contribution >= 0.6 is 0 Å². The van der Waals surface area contributed by atoms with E-state index >= 15 is 0 Å². The summed E-state index contributed by atoms with van der Waals surface area (Å²) in [7, 11) is 0. The minimum absolute atomic E-state index is 0.487. The van der Waals surface area contributed by atoms with Crippen molar-refractivity contribution < 1.29 is 0 Å². The summed E-state index contributed by atoms with van der Waals surface area (Å²) in [5.74, 6) is 1.62. The topological polar surface area (TPSA) is 12.0 Å². The van der Waals surface area contributed by atoms with E-state index in [1.807, 2.05) is 0 Å². The molecule has 2 unspecified atom stereocenters. The van der Waals surface area contributed by atoms with Crippen molar-refractivity contribution in [2.75, 3.05) is 0 Å². The molecule has 1 nitrogen and oxygen atoms in total. The molecule has 1 aromatic rings. The maximum Gasteiger partial charge on any atom is 0.0345 e. The Morgan fingerprint density at radius 2 is 1.78 bits per heavy atom. The van der Waals surface area contributed by atoms with E-state index in [0.29, 0.717) is 18.0 Å². The Labute approximate surface area is 112 Å². The van der Waals surface area contributed by atoms with Crippen LogP contribution in [0.25, 0.3) is 0 Å². The zero-order valence-corrected chi connectivity index (χ0v) is 12.0. The van der Waals surface area contributed by atoms with Gasteiger partial charge in [-0.05, 0) is 30.7 Å². The molecule has 1 heteroatoms. The summed E-state index contributed by atoms with van der Waals surface area (Å²) in [6, 6.07) is 12.0. The summed E-state index contributed by atoms with van der Waals surface area (Å²) >= 11 is 0. The van der Waals surface area contributed by atoms with E-state index in [9.17, 15) is 0 Å². The van der Waals surface area contributed by atoms with E-state index in [4.69, 9.17) is 0 Å². The predicted octanol–water partition coefficient (Wildman–Crippen LogP) is 4.55. The summed E-state index contributed by atoms with van der Waals surface area (Å²) in [5, 5.41) is 3.83. The summed E-state index contributed by atoms with van der Waals surface area (Å²) in [6.45, 7) is 6.96. The Bertz CT molecular complexity index is 340. The van der Waals surface area contributed by atoms with Crippen molar-refractivity contribution in [3.63, 3.8) is 0 Å². The average Bonchev–Trinajstić information content (AvgIpc) is 2.31. The molecular weight excluding hydrogens is 218 g/mol. The maximum atomic E-state index is 3.83. The Kier molecular flexibility index (Phi) is 4.82. The van der Waals surface area contributed by atoms with Gasteiger partial charge in [-0.15, -0.1) is 0 Å². The fourth-order valence-corrected chi connectivity index (χ4v) is 2.94. The number of nitrogens with one attached hydrogen (secondary N) is 1. The molecule has 0 spiro atoms. The largest absolute Gasteiger partial charge is 0.307 e. The summed E-state index contributed by atoms with van der Waals surface area (Å²) in [4.78, 5) is 0. The highest BCUT2D eigenvalue weighted by Gasteiger charge is 2.23. The first-order valence-electron chi connectivity index (χ1n) is 7.48. The van der Waals surface area contributed by atoms with E-state index in [-0.39, 0.29) is 0 Å². The second-order valence-electron chi connectivity index (χ2n) is 6.23. The molecule has 100 valence electrons. The van der Waals surface area contributed by atoms with Gasteiger partial charge in [-0.3, -0.25) is 0 Å². The first kappa shape index (κ1) is 13.6. The van der Waals surface area contributed by atoms with Gasteiger partial charge in [0, 0.05) is 12.1 Å². The van der Waals surface area contributed by atoms with E-state index in [1.54, 1.807) is 0 Å². The number of rotatable bonds is 6. The summed E-state index contributed by atoms with van der Waals surface area (Å²) < 4.78 is 0. The van der Waals surface area contributed by atoms with Gasteiger partial charge < -0.3 is 5.32 Å². The van der Waals surface area contributed by atoms with E-state index in [1.165, 1.54) is 31.2 Å². The normalized spacial score (nSPS) is 19.6. The lowest BCUT2D eigenvalue weighted by Crippen LogP contribution is -2.35. The third kappa shape index (κ3) is 3.58. The van der Waals surface area contributed by atoms with Gasteiger partial charge in [0.25, 0.3) is 0 Å². The monoisotopic (exact) mass is 245 g/mol. The summed E-state index contributed by atoms with van der Waals surface area (Å²) in [6.07, 6.45) is 5.69. The van der Waals surface area contributed by atoms with Crippen molar-refractivity contribution >= 4 is 0 Å². The van der Waals surface area contributed by atoms with Gasteiger partial charge in [0.1, 0.15) is 0 Å².